The van der Waals surface area contributed by atoms with E-state index in [4.69, 9.17) is 0 Å². The third-order valence-electron chi connectivity index (χ3n) is 3.69. The van der Waals surface area contributed by atoms with Crippen LogP contribution in [0.25, 0.3) is 0 Å². The lowest BCUT2D eigenvalue weighted by molar-refractivity contribution is 0.0965. The first-order chi connectivity index (χ1) is 10.6. The number of ketones is 2. The summed E-state index contributed by atoms with van der Waals surface area (Å²) in [5.41, 5.74) is 2.99. The van der Waals surface area contributed by atoms with Crippen molar-refractivity contribution in [2.75, 3.05) is 19.0 Å². The van der Waals surface area contributed by atoms with Crippen LogP contribution in [-0.4, -0.2) is 31.4 Å². The Morgan fingerprint density at radius 1 is 0.909 bits per heavy atom. The van der Waals surface area contributed by atoms with E-state index in [9.17, 15) is 9.59 Å². The van der Waals surface area contributed by atoms with Gasteiger partial charge in [-0.1, -0.05) is 24.3 Å². The average Bonchev–Trinajstić information content (AvgIpc) is 2.53. The first-order valence-corrected chi connectivity index (χ1v) is 7.08. The highest BCUT2D eigenvalue weighted by atomic mass is 16.1. The number of hydrogen-bond donors (Lipinski definition) is 0. The summed E-state index contributed by atoms with van der Waals surface area (Å²) in [5.74, 6) is -0.217. The molecule has 0 fully saturated rings. The molecule has 0 heterocycles. The van der Waals surface area contributed by atoms with E-state index in [-0.39, 0.29) is 18.0 Å². The molecule has 2 aromatic rings. The predicted molar refractivity (Wildman–Crippen MR) is 87.6 cm³/mol. The number of nitrogens with zero attached hydrogens (tertiary/aromatic N) is 2. The summed E-state index contributed by atoms with van der Waals surface area (Å²) in [6.45, 7) is 0. The molecule has 1 aliphatic rings. The molecule has 4 heteroatoms. The van der Waals surface area contributed by atoms with Crippen molar-refractivity contribution < 1.29 is 9.59 Å². The number of aliphatic imine (C=N–C) groups is 1. The maximum absolute atomic E-state index is 12.5. The Morgan fingerprint density at radius 3 is 2.18 bits per heavy atom. The highest BCUT2D eigenvalue weighted by Crippen LogP contribution is 2.23. The molecule has 0 unspecified atom stereocenters. The molecule has 3 rings (SSSR count). The van der Waals surface area contributed by atoms with Crippen LogP contribution in [0.2, 0.25) is 0 Å². The van der Waals surface area contributed by atoms with Crippen LogP contribution in [0.15, 0.2) is 53.5 Å². The minimum Gasteiger partial charge on any atom is -0.378 e. The number of hydrogen-bond acceptors (Lipinski definition) is 4. The van der Waals surface area contributed by atoms with Crippen LogP contribution in [-0.2, 0) is 0 Å². The lowest BCUT2D eigenvalue weighted by Crippen LogP contribution is -2.26. The van der Waals surface area contributed by atoms with Crippen molar-refractivity contribution in [2.45, 2.75) is 6.42 Å². The predicted octanol–water partition coefficient (Wildman–Crippen LogP) is 3.29. The average molecular weight is 292 g/mol. The highest BCUT2D eigenvalue weighted by molar-refractivity contribution is 6.53. The second-order valence-electron chi connectivity index (χ2n) is 5.44. The van der Waals surface area contributed by atoms with Crippen LogP contribution >= 0.6 is 0 Å². The van der Waals surface area contributed by atoms with Gasteiger partial charge in [0.1, 0.15) is 0 Å². The standard InChI is InChI=1S/C18H16N2O2/c1-20(2)13-9-7-12(8-10-13)19-16-11-17(21)14-5-3-4-6-15(14)18(16)22/h3-10H,11H2,1-2H3. The molecule has 0 atom stereocenters. The molecule has 2 aromatic carbocycles. The van der Waals surface area contributed by atoms with Gasteiger partial charge >= 0.3 is 0 Å². The third-order valence-corrected chi connectivity index (χ3v) is 3.69. The molecule has 0 saturated carbocycles. The molecule has 110 valence electrons. The fourth-order valence-electron chi connectivity index (χ4n) is 2.48. The minimum absolute atomic E-state index is 0.0566. The van der Waals surface area contributed by atoms with E-state index in [1.807, 2.05) is 43.3 Å². The number of anilines is 1. The van der Waals surface area contributed by atoms with Gasteiger partial charge in [-0.05, 0) is 24.3 Å². The molecule has 0 saturated heterocycles. The zero-order chi connectivity index (χ0) is 15.7. The number of carbonyl (C=O) groups is 2. The van der Waals surface area contributed by atoms with Crippen LogP contribution in [0.3, 0.4) is 0 Å². The summed E-state index contributed by atoms with van der Waals surface area (Å²) in [7, 11) is 3.92. The Labute approximate surface area is 129 Å². The summed E-state index contributed by atoms with van der Waals surface area (Å²) in [4.78, 5) is 31.0. The summed E-state index contributed by atoms with van der Waals surface area (Å²) in [6.07, 6.45) is 0.0608. The molecule has 0 spiro atoms. The van der Waals surface area contributed by atoms with Crippen LogP contribution < -0.4 is 4.90 Å². The van der Waals surface area contributed by atoms with E-state index < -0.39 is 0 Å². The van der Waals surface area contributed by atoms with Gasteiger partial charge in [0.05, 0.1) is 17.8 Å². The minimum atomic E-state index is -0.160. The lowest BCUT2D eigenvalue weighted by atomic mass is 9.88. The number of benzene rings is 2. The number of rotatable bonds is 2. The molecule has 0 radical (unpaired) electrons. The number of carbonyl (C=O) groups excluding carboxylic acids is 2. The topological polar surface area (TPSA) is 49.7 Å². The van der Waals surface area contributed by atoms with Gasteiger partial charge in [0, 0.05) is 30.9 Å². The van der Waals surface area contributed by atoms with E-state index in [0.717, 1.165) is 5.69 Å². The first-order valence-electron chi connectivity index (χ1n) is 7.08. The SMILES string of the molecule is CN(C)c1ccc(N=C2CC(=O)c3ccccc3C2=O)cc1. The second-order valence-corrected chi connectivity index (χ2v) is 5.44. The fourth-order valence-corrected chi connectivity index (χ4v) is 2.48. The Bertz CT molecular complexity index is 774. The van der Waals surface area contributed by atoms with Crippen molar-refractivity contribution in [1.29, 1.82) is 0 Å². The van der Waals surface area contributed by atoms with Crippen molar-refractivity contribution in [1.82, 2.24) is 0 Å². The smallest absolute Gasteiger partial charge is 0.208 e. The molecular weight excluding hydrogens is 276 g/mol. The number of fused-ring (bicyclic) bond motifs is 1. The second kappa shape index (κ2) is 5.56. The van der Waals surface area contributed by atoms with Gasteiger partial charge in [-0.15, -0.1) is 0 Å². The quantitative estimate of drug-likeness (QED) is 0.853. The van der Waals surface area contributed by atoms with Crippen LogP contribution in [0.5, 0.6) is 0 Å². The van der Waals surface area contributed by atoms with E-state index in [1.54, 1.807) is 24.3 Å². The van der Waals surface area contributed by atoms with Crippen molar-refractivity contribution in [3.05, 3.63) is 59.7 Å². The maximum Gasteiger partial charge on any atom is 0.208 e. The van der Waals surface area contributed by atoms with E-state index >= 15 is 0 Å². The largest absolute Gasteiger partial charge is 0.378 e. The zero-order valence-corrected chi connectivity index (χ0v) is 12.5. The number of Topliss-reactive ketones (excluding diaryl/α,β-unsaturated/α-hetero) is 2. The molecular formula is C18H16N2O2. The maximum atomic E-state index is 12.5. The van der Waals surface area contributed by atoms with Gasteiger partial charge in [-0.2, -0.15) is 0 Å². The van der Waals surface area contributed by atoms with Crippen molar-refractivity contribution in [3.8, 4) is 0 Å². The van der Waals surface area contributed by atoms with Crippen LogP contribution in [0.1, 0.15) is 27.1 Å². The monoisotopic (exact) mass is 292 g/mol. The highest BCUT2D eigenvalue weighted by Gasteiger charge is 2.28. The Hall–Kier alpha value is -2.75. The normalized spacial score (nSPS) is 15.8. The van der Waals surface area contributed by atoms with E-state index in [1.165, 1.54) is 0 Å². The molecule has 0 amide bonds. The van der Waals surface area contributed by atoms with Gasteiger partial charge in [-0.25, -0.2) is 4.99 Å². The van der Waals surface area contributed by atoms with E-state index in [0.29, 0.717) is 22.5 Å². The summed E-state index contributed by atoms with van der Waals surface area (Å²) in [6, 6.07) is 14.5. The molecule has 22 heavy (non-hydrogen) atoms. The first kappa shape index (κ1) is 14.2. The fraction of sp³-hybridized carbons (Fsp3) is 0.167. The van der Waals surface area contributed by atoms with Gasteiger partial charge in [0.2, 0.25) is 5.78 Å². The third kappa shape index (κ3) is 2.55. The summed E-state index contributed by atoms with van der Waals surface area (Å²) < 4.78 is 0. The van der Waals surface area contributed by atoms with Crippen LogP contribution in [0, 0.1) is 0 Å². The van der Waals surface area contributed by atoms with Crippen LogP contribution in [0.4, 0.5) is 11.4 Å². The molecule has 0 aromatic heterocycles. The molecule has 4 nitrogen and oxygen atoms in total. The summed E-state index contributed by atoms with van der Waals surface area (Å²) >= 11 is 0. The molecule has 0 bridgehead atoms. The Balaban J connectivity index is 1.96. The lowest BCUT2D eigenvalue weighted by Gasteiger charge is -2.15. The zero-order valence-electron chi connectivity index (χ0n) is 12.5. The van der Waals surface area contributed by atoms with Gasteiger partial charge in [0.25, 0.3) is 0 Å². The Morgan fingerprint density at radius 2 is 1.55 bits per heavy atom. The van der Waals surface area contributed by atoms with Gasteiger partial charge < -0.3 is 4.90 Å². The van der Waals surface area contributed by atoms with Gasteiger partial charge in [0.15, 0.2) is 5.78 Å². The molecule has 0 aliphatic heterocycles. The van der Waals surface area contributed by atoms with E-state index in [2.05, 4.69) is 4.99 Å². The van der Waals surface area contributed by atoms with Crippen molar-refractivity contribution >= 4 is 28.7 Å². The van der Waals surface area contributed by atoms with Crippen molar-refractivity contribution in [2.24, 2.45) is 4.99 Å². The molecule has 1 aliphatic carbocycles. The Kier molecular flexibility index (Phi) is 3.59. The summed E-state index contributed by atoms with van der Waals surface area (Å²) in [5, 5.41) is 0. The van der Waals surface area contributed by atoms with Gasteiger partial charge in [-0.3, -0.25) is 9.59 Å². The van der Waals surface area contributed by atoms with Crippen molar-refractivity contribution in [3.63, 3.8) is 0 Å². The molecule has 0 N–H and O–H groups in total.